The van der Waals surface area contributed by atoms with Gasteiger partial charge >= 0.3 is 0 Å². The number of ether oxygens (including phenoxy) is 2. The fourth-order valence-electron chi connectivity index (χ4n) is 3.75. The Morgan fingerprint density at radius 3 is 2.30 bits per heavy atom. The molecule has 0 saturated heterocycles. The highest BCUT2D eigenvalue weighted by Gasteiger charge is 2.34. The Bertz CT molecular complexity index is 1490. The van der Waals surface area contributed by atoms with Crippen LogP contribution in [0.25, 0.3) is 17.1 Å². The fraction of sp³-hybridized carbons (Fsp3) is 0.292. The Morgan fingerprint density at radius 1 is 1.05 bits per heavy atom. The van der Waals surface area contributed by atoms with Gasteiger partial charge in [-0.2, -0.15) is 0 Å². The molecule has 0 fully saturated rings. The Labute approximate surface area is 212 Å². The van der Waals surface area contributed by atoms with Gasteiger partial charge in [-0.25, -0.2) is 22.8 Å². The van der Waals surface area contributed by atoms with Crippen molar-refractivity contribution in [1.29, 1.82) is 0 Å². The minimum absolute atomic E-state index is 0.0541. The van der Waals surface area contributed by atoms with Gasteiger partial charge in [0.25, 0.3) is 0 Å². The lowest BCUT2D eigenvalue weighted by Gasteiger charge is -2.20. The molecule has 0 unspecified atom stereocenters. The van der Waals surface area contributed by atoms with E-state index in [9.17, 15) is 17.9 Å². The number of rotatable bonds is 9. The molecule has 0 spiro atoms. The van der Waals surface area contributed by atoms with E-state index < -0.39 is 32.8 Å². The number of hydrogen-bond acceptors (Lipinski definition) is 10. The van der Waals surface area contributed by atoms with Crippen molar-refractivity contribution >= 4 is 9.84 Å². The minimum Gasteiger partial charge on any atom is -0.494 e. The van der Waals surface area contributed by atoms with E-state index in [0.717, 1.165) is 18.0 Å². The van der Waals surface area contributed by atoms with Crippen LogP contribution in [0.5, 0.6) is 11.5 Å². The maximum atomic E-state index is 13.4. The normalized spacial score (nSPS) is 13.2. The summed E-state index contributed by atoms with van der Waals surface area (Å²) < 4.78 is 52.7. The molecule has 4 aromatic rings. The largest absolute Gasteiger partial charge is 0.494 e. The lowest BCUT2D eigenvalue weighted by molar-refractivity contribution is 0.165. The number of aromatic nitrogens is 6. The maximum absolute atomic E-state index is 13.4. The number of nitrogens with zero attached hydrogens (tertiary/aromatic N) is 6. The van der Waals surface area contributed by atoms with Crippen molar-refractivity contribution in [3.8, 4) is 28.6 Å². The van der Waals surface area contributed by atoms with E-state index in [1.165, 1.54) is 21.1 Å². The van der Waals surface area contributed by atoms with Crippen molar-refractivity contribution in [3.05, 3.63) is 72.1 Å². The monoisotopic (exact) mass is 528 g/mol. The number of sulfone groups is 1. The van der Waals surface area contributed by atoms with Crippen molar-refractivity contribution in [1.82, 2.24) is 29.7 Å². The van der Waals surface area contributed by atoms with Crippen molar-refractivity contribution < 1.29 is 27.4 Å². The summed E-state index contributed by atoms with van der Waals surface area (Å²) in [6.07, 6.45) is 3.39. The summed E-state index contributed by atoms with van der Waals surface area (Å²) >= 11 is 0. The van der Waals surface area contributed by atoms with Crippen molar-refractivity contribution in [2.45, 2.75) is 31.0 Å². The van der Waals surface area contributed by atoms with Crippen molar-refractivity contribution in [3.63, 3.8) is 0 Å². The lowest BCUT2D eigenvalue weighted by Crippen LogP contribution is -2.29. The molecule has 0 aliphatic rings. The summed E-state index contributed by atoms with van der Waals surface area (Å²) in [7, 11) is -1.10. The molecule has 194 valence electrons. The molecule has 4 rings (SSSR count). The van der Waals surface area contributed by atoms with Crippen LogP contribution in [0, 0.1) is 12.7 Å². The Balaban J connectivity index is 1.83. The second-order valence-electron chi connectivity index (χ2n) is 8.25. The van der Waals surface area contributed by atoms with Crippen LogP contribution in [-0.2, 0) is 15.6 Å². The molecule has 1 N–H and O–H groups in total. The number of methoxy groups -OCH3 is 2. The Kier molecular flexibility index (Phi) is 7.45. The number of aliphatic hydroxyl groups excluding tert-OH is 1. The highest BCUT2D eigenvalue weighted by atomic mass is 32.2. The van der Waals surface area contributed by atoms with Crippen LogP contribution in [0.4, 0.5) is 4.39 Å². The molecule has 0 radical (unpaired) electrons. The predicted octanol–water partition coefficient (Wildman–Crippen LogP) is 2.62. The number of halogens is 1. The molecule has 11 nitrogen and oxygen atoms in total. The molecular weight excluding hydrogens is 503 g/mol. The number of aliphatic hydroxyl groups is 1. The number of aryl methyl sites for hydroxylation is 1. The van der Waals surface area contributed by atoms with Crippen LogP contribution in [0.15, 0.2) is 49.1 Å². The van der Waals surface area contributed by atoms with E-state index in [1.54, 1.807) is 35.2 Å². The SMILES string of the molecule is COc1cccc(OC)c1-n1c(CS(=O)(=O)[C@@H](C)[C@H](O)c2ncc(F)cn2)nnc1-c1cncc(C)c1. The molecule has 3 aromatic heterocycles. The summed E-state index contributed by atoms with van der Waals surface area (Å²) in [5.74, 6) is -0.349. The first-order valence-electron chi connectivity index (χ1n) is 11.1. The van der Waals surface area contributed by atoms with E-state index in [1.807, 2.05) is 13.0 Å². The van der Waals surface area contributed by atoms with Gasteiger partial charge in [-0.05, 0) is 37.6 Å². The smallest absolute Gasteiger partial charge is 0.170 e. The summed E-state index contributed by atoms with van der Waals surface area (Å²) in [6, 6.07) is 6.97. The van der Waals surface area contributed by atoms with Crippen LogP contribution < -0.4 is 9.47 Å². The van der Waals surface area contributed by atoms with Gasteiger partial charge in [-0.3, -0.25) is 9.55 Å². The molecule has 1 aromatic carbocycles. The third-order valence-corrected chi connectivity index (χ3v) is 7.79. The van der Waals surface area contributed by atoms with Crippen LogP contribution >= 0.6 is 0 Å². The number of pyridine rings is 1. The van der Waals surface area contributed by atoms with Crippen LogP contribution in [-0.4, -0.2) is 62.7 Å². The van der Waals surface area contributed by atoms with Gasteiger partial charge in [0.05, 0.1) is 31.9 Å². The maximum Gasteiger partial charge on any atom is 0.170 e. The van der Waals surface area contributed by atoms with Crippen LogP contribution in [0.2, 0.25) is 0 Å². The first-order valence-corrected chi connectivity index (χ1v) is 12.8. The second-order valence-corrected chi connectivity index (χ2v) is 10.6. The van der Waals surface area contributed by atoms with Gasteiger partial charge in [-0.15, -0.1) is 10.2 Å². The topological polar surface area (TPSA) is 142 Å². The lowest BCUT2D eigenvalue weighted by atomic mass is 10.2. The summed E-state index contributed by atoms with van der Waals surface area (Å²) in [6.45, 7) is 3.19. The van der Waals surface area contributed by atoms with Gasteiger partial charge in [-0.1, -0.05) is 6.07 Å². The second kappa shape index (κ2) is 10.6. The zero-order chi connectivity index (χ0) is 26.7. The first-order chi connectivity index (χ1) is 17.7. The van der Waals surface area contributed by atoms with E-state index in [-0.39, 0.29) is 11.6 Å². The van der Waals surface area contributed by atoms with Gasteiger partial charge in [0.15, 0.2) is 33.1 Å². The average Bonchev–Trinajstić information content (AvgIpc) is 3.29. The number of hydrogen-bond donors (Lipinski definition) is 1. The van der Waals surface area contributed by atoms with Crippen molar-refractivity contribution in [2.24, 2.45) is 0 Å². The molecule has 0 aliphatic carbocycles. The predicted molar refractivity (Wildman–Crippen MR) is 131 cm³/mol. The molecular formula is C24H25FN6O5S. The average molecular weight is 529 g/mol. The van der Waals surface area contributed by atoms with E-state index >= 15 is 0 Å². The zero-order valence-corrected chi connectivity index (χ0v) is 21.3. The first kappa shape index (κ1) is 26.1. The molecule has 0 bridgehead atoms. The summed E-state index contributed by atoms with van der Waals surface area (Å²) in [4.78, 5) is 11.6. The van der Waals surface area contributed by atoms with Crippen LogP contribution in [0.1, 0.15) is 30.2 Å². The van der Waals surface area contributed by atoms with Crippen molar-refractivity contribution in [2.75, 3.05) is 14.2 Å². The zero-order valence-electron chi connectivity index (χ0n) is 20.5. The Morgan fingerprint density at radius 2 is 1.70 bits per heavy atom. The molecule has 0 aliphatic heterocycles. The van der Waals surface area contributed by atoms with E-state index in [4.69, 9.17) is 9.47 Å². The van der Waals surface area contributed by atoms with E-state index in [0.29, 0.717) is 28.6 Å². The van der Waals surface area contributed by atoms with Gasteiger partial charge in [0, 0.05) is 18.0 Å². The van der Waals surface area contributed by atoms with Gasteiger partial charge < -0.3 is 14.6 Å². The molecule has 0 saturated carbocycles. The molecule has 2 atom stereocenters. The molecule has 37 heavy (non-hydrogen) atoms. The number of benzene rings is 1. The van der Waals surface area contributed by atoms with Gasteiger partial charge in [0.1, 0.15) is 29.0 Å². The minimum atomic E-state index is -4.06. The highest BCUT2D eigenvalue weighted by Crippen LogP contribution is 2.37. The third-order valence-electron chi connectivity index (χ3n) is 5.73. The third kappa shape index (κ3) is 5.27. The van der Waals surface area contributed by atoms with Crippen LogP contribution in [0.3, 0.4) is 0 Å². The molecule has 3 heterocycles. The van der Waals surface area contributed by atoms with Gasteiger partial charge in [0.2, 0.25) is 0 Å². The quantitative estimate of drug-likeness (QED) is 0.344. The molecule has 0 amide bonds. The standard InChI is InChI=1S/C24H25FN6O5S/c1-14-8-16(10-26-9-14)24-30-29-20(31(24)21-18(35-3)6-5-7-19(21)36-4)13-37(33,34)15(2)22(32)23-27-11-17(25)12-28-23/h5-12,15,22,32H,13H2,1-4H3/t15-,22-/m0/s1. The summed E-state index contributed by atoms with van der Waals surface area (Å²) in [5.41, 5.74) is 1.86. The highest BCUT2D eigenvalue weighted by molar-refractivity contribution is 7.91. The van der Waals surface area contributed by atoms with E-state index in [2.05, 4.69) is 25.1 Å². The fourth-order valence-corrected chi connectivity index (χ4v) is 5.08. The molecule has 13 heteroatoms. The number of para-hydroxylation sites is 1. The Hall–Kier alpha value is -3.97. The summed E-state index contributed by atoms with van der Waals surface area (Å²) in [5, 5.41) is 17.8.